The Labute approximate surface area is 122 Å². The van der Waals surface area contributed by atoms with E-state index >= 15 is 0 Å². The zero-order valence-corrected chi connectivity index (χ0v) is 12.1. The van der Waals surface area contributed by atoms with Crippen molar-refractivity contribution in [3.63, 3.8) is 0 Å². The molecule has 2 amide bonds. The van der Waals surface area contributed by atoms with E-state index in [-0.39, 0.29) is 18.6 Å². The van der Waals surface area contributed by atoms with Gasteiger partial charge in [0.1, 0.15) is 0 Å². The fourth-order valence-corrected chi connectivity index (χ4v) is 1.87. The lowest BCUT2D eigenvalue weighted by atomic mass is 10.1. The van der Waals surface area contributed by atoms with Gasteiger partial charge in [-0.25, -0.2) is 4.79 Å². The molecule has 0 radical (unpaired) electrons. The van der Waals surface area contributed by atoms with E-state index in [1.807, 2.05) is 24.3 Å². The molecule has 2 rings (SSSR count). The second-order valence-electron chi connectivity index (χ2n) is 4.54. The lowest BCUT2D eigenvalue weighted by molar-refractivity contribution is 0.251. The fraction of sp³-hybridized carbons (Fsp3) is 0.385. The number of nitrogens with zero attached hydrogens (tertiary/aromatic N) is 3. The molecule has 0 saturated carbocycles. The van der Waals surface area contributed by atoms with Gasteiger partial charge in [0.2, 0.25) is 0 Å². The number of rotatable bonds is 6. The summed E-state index contributed by atoms with van der Waals surface area (Å²) < 4.78 is 0. The molecule has 0 saturated heterocycles. The average Bonchev–Trinajstić information content (AvgIpc) is 2.99. The minimum Gasteiger partial charge on any atom is -0.330 e. The third-order valence-electron chi connectivity index (χ3n) is 2.98. The number of hydrogen-bond acceptors (Lipinski definition) is 5. The summed E-state index contributed by atoms with van der Waals surface area (Å²) in [6.07, 6.45) is 0. The number of hydrogen-bond donors (Lipinski definition) is 4. The van der Waals surface area contributed by atoms with Crippen LogP contribution in [-0.4, -0.2) is 33.2 Å². The fourth-order valence-electron chi connectivity index (χ4n) is 1.87. The van der Waals surface area contributed by atoms with Crippen LogP contribution in [0.2, 0.25) is 0 Å². The lowest BCUT2D eigenvalue weighted by Crippen LogP contribution is -2.28. The standard InChI is InChI=1S/C13H19N7O/c1-3-14-9(2)10-4-6-11(7-5-10)16-13(21)15-8-12-17-19-20-18-12/h4-7,9,14H,3,8H2,1-2H3,(H2,15,16,21)(H,17,18,19,20). The first-order valence-corrected chi connectivity index (χ1v) is 6.79. The number of tetrazole rings is 1. The van der Waals surface area contributed by atoms with Crippen molar-refractivity contribution < 1.29 is 4.79 Å². The molecular formula is C13H19N7O. The first-order chi connectivity index (χ1) is 10.2. The zero-order valence-electron chi connectivity index (χ0n) is 12.1. The summed E-state index contributed by atoms with van der Waals surface area (Å²) in [4.78, 5) is 11.7. The molecule has 21 heavy (non-hydrogen) atoms. The first-order valence-electron chi connectivity index (χ1n) is 6.79. The summed E-state index contributed by atoms with van der Waals surface area (Å²) in [6, 6.07) is 7.70. The van der Waals surface area contributed by atoms with Gasteiger partial charge in [-0.1, -0.05) is 24.3 Å². The SMILES string of the molecule is CCNC(C)c1ccc(NC(=O)NCc2nn[nH]n2)cc1. The summed E-state index contributed by atoms with van der Waals surface area (Å²) >= 11 is 0. The molecule has 2 aromatic rings. The number of urea groups is 1. The van der Waals surface area contributed by atoms with Crippen LogP contribution < -0.4 is 16.0 Å². The Balaban J connectivity index is 1.83. The van der Waals surface area contributed by atoms with Crippen LogP contribution in [0.3, 0.4) is 0 Å². The van der Waals surface area contributed by atoms with Crippen LogP contribution >= 0.6 is 0 Å². The molecule has 8 heteroatoms. The highest BCUT2D eigenvalue weighted by Crippen LogP contribution is 2.15. The Morgan fingerprint density at radius 3 is 2.71 bits per heavy atom. The van der Waals surface area contributed by atoms with E-state index in [0.717, 1.165) is 12.2 Å². The highest BCUT2D eigenvalue weighted by molar-refractivity contribution is 5.89. The maximum atomic E-state index is 11.7. The van der Waals surface area contributed by atoms with Gasteiger partial charge in [0, 0.05) is 11.7 Å². The zero-order chi connectivity index (χ0) is 15.1. The summed E-state index contributed by atoms with van der Waals surface area (Å²) in [7, 11) is 0. The van der Waals surface area contributed by atoms with Crippen molar-refractivity contribution >= 4 is 11.7 Å². The average molecular weight is 289 g/mol. The molecule has 0 aliphatic rings. The van der Waals surface area contributed by atoms with E-state index in [2.05, 4.69) is 50.4 Å². The molecule has 112 valence electrons. The van der Waals surface area contributed by atoms with Gasteiger partial charge in [-0.3, -0.25) is 0 Å². The molecule has 1 unspecified atom stereocenters. The van der Waals surface area contributed by atoms with Gasteiger partial charge in [-0.05, 0) is 31.2 Å². The largest absolute Gasteiger partial charge is 0.330 e. The molecule has 0 spiro atoms. The molecule has 0 aliphatic carbocycles. The Kier molecular flexibility index (Phi) is 5.22. The summed E-state index contributed by atoms with van der Waals surface area (Å²) in [5.74, 6) is 0.431. The topological polar surface area (TPSA) is 108 Å². The Bertz CT molecular complexity index is 552. The van der Waals surface area contributed by atoms with Crippen molar-refractivity contribution in [1.82, 2.24) is 31.3 Å². The molecule has 4 N–H and O–H groups in total. The number of carbonyl (C=O) groups excluding carboxylic acids is 1. The van der Waals surface area contributed by atoms with E-state index in [4.69, 9.17) is 0 Å². The van der Waals surface area contributed by atoms with Crippen LogP contribution in [0.15, 0.2) is 24.3 Å². The predicted octanol–water partition coefficient (Wildman–Crippen LogP) is 1.19. The Hall–Kier alpha value is -2.48. The molecule has 1 aromatic carbocycles. The van der Waals surface area contributed by atoms with Crippen molar-refractivity contribution in [3.8, 4) is 0 Å². The van der Waals surface area contributed by atoms with E-state index < -0.39 is 0 Å². The van der Waals surface area contributed by atoms with Crippen molar-refractivity contribution in [1.29, 1.82) is 0 Å². The normalized spacial score (nSPS) is 11.9. The molecule has 1 atom stereocenters. The van der Waals surface area contributed by atoms with Gasteiger partial charge in [-0.2, -0.15) is 5.21 Å². The number of carbonyl (C=O) groups is 1. The van der Waals surface area contributed by atoms with E-state index in [1.54, 1.807) is 0 Å². The Morgan fingerprint density at radius 1 is 1.33 bits per heavy atom. The Morgan fingerprint density at radius 2 is 2.10 bits per heavy atom. The molecule has 0 fully saturated rings. The number of aromatic amines is 1. The summed E-state index contributed by atoms with van der Waals surface area (Å²) in [5, 5.41) is 22.0. The van der Waals surface area contributed by atoms with Crippen molar-refractivity contribution in [3.05, 3.63) is 35.7 Å². The van der Waals surface area contributed by atoms with Crippen LogP contribution in [-0.2, 0) is 6.54 Å². The third-order valence-corrected chi connectivity index (χ3v) is 2.98. The summed E-state index contributed by atoms with van der Waals surface area (Å²) in [6.45, 7) is 5.31. The van der Waals surface area contributed by atoms with Crippen LogP contribution in [0, 0.1) is 0 Å². The van der Waals surface area contributed by atoms with Gasteiger partial charge in [-0.15, -0.1) is 10.2 Å². The second kappa shape index (κ2) is 7.34. The van der Waals surface area contributed by atoms with Gasteiger partial charge >= 0.3 is 6.03 Å². The maximum Gasteiger partial charge on any atom is 0.319 e. The smallest absolute Gasteiger partial charge is 0.319 e. The molecule has 1 aromatic heterocycles. The molecule has 0 aliphatic heterocycles. The lowest BCUT2D eigenvalue weighted by Gasteiger charge is -2.13. The van der Waals surface area contributed by atoms with Crippen molar-refractivity contribution in [2.45, 2.75) is 26.4 Å². The van der Waals surface area contributed by atoms with Crippen molar-refractivity contribution in [2.24, 2.45) is 0 Å². The predicted molar refractivity (Wildman–Crippen MR) is 78.6 cm³/mol. The van der Waals surface area contributed by atoms with Gasteiger partial charge < -0.3 is 16.0 Å². The van der Waals surface area contributed by atoms with Gasteiger partial charge in [0.15, 0.2) is 5.82 Å². The van der Waals surface area contributed by atoms with Gasteiger partial charge in [0.05, 0.1) is 6.54 Å². The van der Waals surface area contributed by atoms with Gasteiger partial charge in [0.25, 0.3) is 0 Å². The number of benzene rings is 1. The van der Waals surface area contributed by atoms with E-state index in [9.17, 15) is 4.79 Å². The number of anilines is 1. The molecular weight excluding hydrogens is 270 g/mol. The quantitative estimate of drug-likeness (QED) is 0.639. The maximum absolute atomic E-state index is 11.7. The minimum atomic E-state index is -0.313. The molecule has 1 heterocycles. The number of aromatic nitrogens is 4. The van der Waals surface area contributed by atoms with E-state index in [1.165, 1.54) is 5.56 Å². The van der Waals surface area contributed by atoms with Crippen LogP contribution in [0.5, 0.6) is 0 Å². The van der Waals surface area contributed by atoms with Crippen LogP contribution in [0.4, 0.5) is 10.5 Å². The minimum absolute atomic E-state index is 0.220. The highest BCUT2D eigenvalue weighted by Gasteiger charge is 2.06. The first kappa shape index (κ1) is 14.9. The van der Waals surface area contributed by atoms with Crippen LogP contribution in [0.1, 0.15) is 31.3 Å². The summed E-state index contributed by atoms with van der Waals surface area (Å²) in [5.41, 5.74) is 1.91. The van der Waals surface area contributed by atoms with E-state index in [0.29, 0.717) is 5.82 Å². The number of nitrogens with one attached hydrogen (secondary N) is 4. The van der Waals surface area contributed by atoms with Crippen molar-refractivity contribution in [2.75, 3.05) is 11.9 Å². The third kappa shape index (κ3) is 4.53. The highest BCUT2D eigenvalue weighted by atomic mass is 16.2. The number of amides is 2. The number of H-pyrrole nitrogens is 1. The van der Waals surface area contributed by atoms with Crippen LogP contribution in [0.25, 0.3) is 0 Å². The second-order valence-corrected chi connectivity index (χ2v) is 4.54. The molecule has 8 nitrogen and oxygen atoms in total. The monoisotopic (exact) mass is 289 g/mol. The molecule has 0 bridgehead atoms.